The van der Waals surface area contributed by atoms with E-state index >= 15 is 0 Å². The number of alkyl halides is 2. The van der Waals surface area contributed by atoms with Crippen LogP contribution in [0.3, 0.4) is 0 Å². The van der Waals surface area contributed by atoms with Crippen molar-refractivity contribution < 1.29 is 22.4 Å². The molecule has 0 atom stereocenters. The van der Waals surface area contributed by atoms with Crippen LogP contribution in [-0.4, -0.2) is 20.5 Å². The van der Waals surface area contributed by atoms with Gasteiger partial charge >= 0.3 is 0 Å². The maximum Gasteiger partial charge on any atom is 0.280 e. The van der Waals surface area contributed by atoms with Crippen molar-refractivity contribution in [3.8, 4) is 11.3 Å². The van der Waals surface area contributed by atoms with Crippen molar-refractivity contribution in [2.75, 3.05) is 5.32 Å². The van der Waals surface area contributed by atoms with Gasteiger partial charge in [0, 0.05) is 11.6 Å². The van der Waals surface area contributed by atoms with Crippen LogP contribution < -0.4 is 5.32 Å². The Morgan fingerprint density at radius 1 is 1.03 bits per heavy atom. The van der Waals surface area contributed by atoms with E-state index in [1.165, 1.54) is 6.07 Å². The summed E-state index contributed by atoms with van der Waals surface area (Å²) in [6.45, 7) is 0. The number of nitrogens with zero attached hydrogens (tertiary/aromatic N) is 3. The molecule has 0 saturated carbocycles. The molecule has 0 spiro atoms. The van der Waals surface area contributed by atoms with Gasteiger partial charge in [-0.15, -0.1) is 0 Å². The molecule has 0 saturated heterocycles. The van der Waals surface area contributed by atoms with Crippen LogP contribution >= 0.6 is 0 Å². The van der Waals surface area contributed by atoms with Gasteiger partial charge in [0.25, 0.3) is 12.3 Å². The van der Waals surface area contributed by atoms with Gasteiger partial charge in [-0.3, -0.25) is 4.79 Å². The topological polar surface area (TPSA) is 59.3 Å². The summed E-state index contributed by atoms with van der Waals surface area (Å²) in [6, 6.07) is 12.5. The molecule has 2 aromatic carbocycles. The highest BCUT2D eigenvalue weighted by Crippen LogP contribution is 2.27. The second-order valence-corrected chi connectivity index (χ2v) is 6.10. The van der Waals surface area contributed by atoms with Crippen molar-refractivity contribution in [3.63, 3.8) is 0 Å². The fraction of sp³-hybridized carbons (Fsp3) is 0.0500. The van der Waals surface area contributed by atoms with E-state index in [9.17, 15) is 22.4 Å². The van der Waals surface area contributed by atoms with E-state index in [0.29, 0.717) is 11.6 Å². The Hall–Kier alpha value is -3.75. The number of nitrogens with one attached hydrogen (secondary N) is 1. The molecule has 0 unspecified atom stereocenters. The van der Waals surface area contributed by atoms with E-state index in [1.807, 2.05) is 0 Å². The number of aromatic nitrogens is 3. The minimum absolute atomic E-state index is 0.110. The number of rotatable bonds is 4. The third kappa shape index (κ3) is 3.54. The SMILES string of the molecule is O=C(Nc1ccc(F)cc1F)c1cnn2c(C(F)F)cc(-c3ccccc3)nc12. The molecule has 4 rings (SSSR count). The molecule has 0 aliphatic rings. The summed E-state index contributed by atoms with van der Waals surface area (Å²) < 4.78 is 54.9. The summed E-state index contributed by atoms with van der Waals surface area (Å²) in [6.07, 6.45) is -1.80. The van der Waals surface area contributed by atoms with Gasteiger partial charge in [-0.1, -0.05) is 30.3 Å². The molecule has 5 nitrogen and oxygen atoms in total. The van der Waals surface area contributed by atoms with Crippen molar-refractivity contribution in [2.24, 2.45) is 0 Å². The van der Waals surface area contributed by atoms with Gasteiger partial charge in [0.2, 0.25) is 0 Å². The first-order chi connectivity index (χ1) is 13.9. The molecule has 1 N–H and O–H groups in total. The van der Waals surface area contributed by atoms with Crippen LogP contribution in [0.2, 0.25) is 0 Å². The molecule has 0 aliphatic heterocycles. The van der Waals surface area contributed by atoms with Crippen molar-refractivity contribution in [1.82, 2.24) is 14.6 Å². The number of halogens is 4. The van der Waals surface area contributed by atoms with Gasteiger partial charge in [-0.2, -0.15) is 5.10 Å². The number of fused-ring (bicyclic) bond motifs is 1. The lowest BCUT2D eigenvalue weighted by atomic mass is 10.1. The first-order valence-corrected chi connectivity index (χ1v) is 8.42. The van der Waals surface area contributed by atoms with Crippen molar-refractivity contribution in [3.05, 3.63) is 83.7 Å². The standard InChI is InChI=1S/C20H12F4N4O/c21-12-6-7-15(14(22)8-12)27-20(29)13-10-25-28-17(18(23)24)9-16(26-19(13)28)11-4-2-1-3-5-11/h1-10,18H,(H,27,29). The van der Waals surface area contributed by atoms with E-state index in [-0.39, 0.29) is 22.6 Å². The average molecular weight is 400 g/mol. The molecule has 1 amide bonds. The van der Waals surface area contributed by atoms with Crippen LogP contribution in [0.15, 0.2) is 60.8 Å². The summed E-state index contributed by atoms with van der Waals surface area (Å²) in [7, 11) is 0. The van der Waals surface area contributed by atoms with Gasteiger partial charge in [0.15, 0.2) is 5.65 Å². The van der Waals surface area contributed by atoms with Gasteiger partial charge < -0.3 is 5.32 Å². The Balaban J connectivity index is 1.80. The third-order valence-electron chi connectivity index (χ3n) is 4.22. The first kappa shape index (κ1) is 18.6. The van der Waals surface area contributed by atoms with Crippen LogP contribution in [0.1, 0.15) is 22.5 Å². The molecule has 2 aromatic heterocycles. The summed E-state index contributed by atoms with van der Waals surface area (Å²) in [4.78, 5) is 16.9. The largest absolute Gasteiger partial charge is 0.319 e. The predicted octanol–water partition coefficient (Wildman–Crippen LogP) is 4.86. The lowest BCUT2D eigenvalue weighted by Gasteiger charge is -2.09. The zero-order chi connectivity index (χ0) is 20.5. The smallest absolute Gasteiger partial charge is 0.280 e. The molecular formula is C20H12F4N4O. The zero-order valence-corrected chi connectivity index (χ0v) is 14.6. The van der Waals surface area contributed by atoms with E-state index in [1.54, 1.807) is 30.3 Å². The molecule has 0 aliphatic carbocycles. The van der Waals surface area contributed by atoms with Crippen LogP contribution in [0.25, 0.3) is 16.9 Å². The van der Waals surface area contributed by atoms with E-state index < -0.39 is 29.7 Å². The number of carbonyl (C=O) groups is 1. The summed E-state index contributed by atoms with van der Waals surface area (Å²) in [5, 5.41) is 6.11. The minimum Gasteiger partial charge on any atom is -0.319 e. The second-order valence-electron chi connectivity index (χ2n) is 6.10. The zero-order valence-electron chi connectivity index (χ0n) is 14.6. The van der Waals surface area contributed by atoms with Crippen LogP contribution in [0.4, 0.5) is 23.2 Å². The highest BCUT2D eigenvalue weighted by atomic mass is 19.3. The monoisotopic (exact) mass is 400 g/mol. The quantitative estimate of drug-likeness (QED) is 0.498. The highest BCUT2D eigenvalue weighted by molar-refractivity contribution is 6.08. The number of benzene rings is 2. The normalized spacial score (nSPS) is 11.2. The fourth-order valence-corrected chi connectivity index (χ4v) is 2.84. The van der Waals surface area contributed by atoms with Crippen LogP contribution in [0, 0.1) is 11.6 Å². The minimum atomic E-state index is -2.87. The Morgan fingerprint density at radius 2 is 1.79 bits per heavy atom. The predicted molar refractivity (Wildman–Crippen MR) is 97.7 cm³/mol. The van der Waals surface area contributed by atoms with Gasteiger partial charge in [0.05, 0.1) is 17.6 Å². The molecule has 9 heteroatoms. The van der Waals surface area contributed by atoms with Gasteiger partial charge in [-0.05, 0) is 18.2 Å². The molecule has 0 fully saturated rings. The Labute approximate surface area is 161 Å². The lowest BCUT2D eigenvalue weighted by Crippen LogP contribution is -2.14. The Morgan fingerprint density at radius 3 is 2.48 bits per heavy atom. The maximum atomic E-state index is 13.8. The Bertz CT molecular complexity index is 1210. The molecule has 0 radical (unpaired) electrons. The lowest BCUT2D eigenvalue weighted by molar-refractivity contribution is 0.102. The van der Waals surface area contributed by atoms with Crippen LogP contribution in [-0.2, 0) is 0 Å². The van der Waals surface area contributed by atoms with E-state index in [2.05, 4.69) is 15.4 Å². The summed E-state index contributed by atoms with van der Waals surface area (Å²) in [5.74, 6) is -2.59. The number of anilines is 1. The van der Waals surface area contributed by atoms with Crippen LogP contribution in [0.5, 0.6) is 0 Å². The Kier molecular flexibility index (Phi) is 4.71. The fourth-order valence-electron chi connectivity index (χ4n) is 2.84. The molecule has 146 valence electrons. The number of hydrogen-bond acceptors (Lipinski definition) is 3. The third-order valence-corrected chi connectivity index (χ3v) is 4.22. The van der Waals surface area contributed by atoms with Gasteiger partial charge in [-0.25, -0.2) is 27.1 Å². The van der Waals surface area contributed by atoms with Crippen molar-refractivity contribution in [1.29, 1.82) is 0 Å². The van der Waals surface area contributed by atoms with E-state index in [0.717, 1.165) is 22.8 Å². The molecular weight excluding hydrogens is 388 g/mol. The average Bonchev–Trinajstić information content (AvgIpc) is 3.14. The van der Waals surface area contributed by atoms with Crippen molar-refractivity contribution in [2.45, 2.75) is 6.43 Å². The second kappa shape index (κ2) is 7.34. The number of amides is 1. The van der Waals surface area contributed by atoms with Gasteiger partial charge in [0.1, 0.15) is 22.9 Å². The number of hydrogen-bond donors (Lipinski definition) is 1. The van der Waals surface area contributed by atoms with E-state index in [4.69, 9.17) is 0 Å². The molecule has 29 heavy (non-hydrogen) atoms. The number of carbonyl (C=O) groups excluding carboxylic acids is 1. The summed E-state index contributed by atoms with van der Waals surface area (Å²) >= 11 is 0. The first-order valence-electron chi connectivity index (χ1n) is 8.42. The summed E-state index contributed by atoms with van der Waals surface area (Å²) in [5.41, 5.74) is -0.134. The van der Waals surface area contributed by atoms with Crippen molar-refractivity contribution >= 4 is 17.2 Å². The highest BCUT2D eigenvalue weighted by Gasteiger charge is 2.22. The molecule has 4 aromatic rings. The maximum absolute atomic E-state index is 13.8. The molecule has 0 bridgehead atoms. The molecule has 2 heterocycles.